The second kappa shape index (κ2) is 14.7. The van der Waals surface area contributed by atoms with Crippen molar-refractivity contribution in [3.05, 3.63) is 114 Å². The molecule has 1 N–H and O–H groups in total. The molecule has 0 aliphatic rings. The molecule has 31 heavy (non-hydrogen) atoms. The van der Waals surface area contributed by atoms with Crippen molar-refractivity contribution in [1.29, 1.82) is 0 Å². The van der Waals surface area contributed by atoms with E-state index in [2.05, 4.69) is 19.7 Å². The van der Waals surface area contributed by atoms with E-state index in [-0.39, 0.29) is 6.29 Å². The molecule has 0 saturated heterocycles. The summed E-state index contributed by atoms with van der Waals surface area (Å²) in [5.41, 5.74) is 3.20. The molecule has 162 valence electrons. The van der Waals surface area contributed by atoms with Crippen LogP contribution in [0.1, 0.15) is 23.6 Å². The number of phenolic OH excluding ortho intramolecular Hbond substituents is 1. The van der Waals surface area contributed by atoms with Gasteiger partial charge >= 0.3 is 0 Å². The SMILES string of the molecule is C=Cc1ccc(Cl)cc1.C=Cc1ccc(O)cc1.C=Cc1ccc(OC(C)OC)cc1. The van der Waals surface area contributed by atoms with E-state index >= 15 is 0 Å². The third-order valence-corrected chi connectivity index (χ3v) is 4.24. The van der Waals surface area contributed by atoms with E-state index in [1.54, 1.807) is 37.5 Å². The van der Waals surface area contributed by atoms with Gasteiger partial charge in [0, 0.05) is 12.1 Å². The number of ether oxygens (including phenoxy) is 2. The predicted molar refractivity (Wildman–Crippen MR) is 133 cm³/mol. The Kier molecular flexibility index (Phi) is 12.2. The Morgan fingerprint density at radius 1 is 0.742 bits per heavy atom. The predicted octanol–water partition coefficient (Wildman–Crippen LogP) is 7.72. The lowest BCUT2D eigenvalue weighted by molar-refractivity contribution is -0.0382. The first-order valence-electron chi connectivity index (χ1n) is 9.63. The summed E-state index contributed by atoms with van der Waals surface area (Å²) >= 11 is 5.63. The van der Waals surface area contributed by atoms with Crippen molar-refractivity contribution >= 4 is 29.8 Å². The van der Waals surface area contributed by atoms with Crippen molar-refractivity contribution in [3.63, 3.8) is 0 Å². The lowest BCUT2D eigenvalue weighted by atomic mass is 10.2. The zero-order valence-corrected chi connectivity index (χ0v) is 18.8. The summed E-state index contributed by atoms with van der Waals surface area (Å²) < 4.78 is 10.4. The smallest absolute Gasteiger partial charge is 0.196 e. The maximum absolute atomic E-state index is 8.82. The van der Waals surface area contributed by atoms with Gasteiger partial charge < -0.3 is 14.6 Å². The van der Waals surface area contributed by atoms with Crippen molar-refractivity contribution in [2.24, 2.45) is 0 Å². The van der Waals surface area contributed by atoms with Crippen molar-refractivity contribution in [2.75, 3.05) is 7.11 Å². The Labute approximate surface area is 190 Å². The summed E-state index contributed by atoms with van der Waals surface area (Å²) in [6, 6.07) is 22.1. The van der Waals surface area contributed by atoms with Crippen LogP contribution in [-0.4, -0.2) is 18.5 Å². The minimum Gasteiger partial charge on any atom is -0.508 e. The van der Waals surface area contributed by atoms with Gasteiger partial charge in [-0.1, -0.05) is 86.0 Å². The van der Waals surface area contributed by atoms with Gasteiger partial charge in [-0.25, -0.2) is 0 Å². The molecule has 1 unspecified atom stereocenters. The summed E-state index contributed by atoms with van der Waals surface area (Å²) in [7, 11) is 1.61. The zero-order chi connectivity index (χ0) is 23.1. The molecule has 1 atom stereocenters. The average Bonchev–Trinajstić information content (AvgIpc) is 2.81. The molecule has 3 rings (SSSR count). The molecule has 0 aliphatic carbocycles. The van der Waals surface area contributed by atoms with Crippen molar-refractivity contribution in [1.82, 2.24) is 0 Å². The molecule has 0 spiro atoms. The summed E-state index contributed by atoms with van der Waals surface area (Å²) in [6.07, 6.45) is 5.11. The Morgan fingerprint density at radius 3 is 1.52 bits per heavy atom. The van der Waals surface area contributed by atoms with Crippen LogP contribution in [0.15, 0.2) is 92.5 Å². The first-order chi connectivity index (χ1) is 14.9. The molecule has 0 fully saturated rings. The lowest BCUT2D eigenvalue weighted by Gasteiger charge is -2.12. The van der Waals surface area contributed by atoms with Gasteiger partial charge in [-0.05, 0) is 60.0 Å². The van der Waals surface area contributed by atoms with Gasteiger partial charge in [0.2, 0.25) is 0 Å². The van der Waals surface area contributed by atoms with Crippen LogP contribution in [0.4, 0.5) is 0 Å². The lowest BCUT2D eigenvalue weighted by Crippen LogP contribution is -2.13. The van der Waals surface area contributed by atoms with Gasteiger partial charge in [0.1, 0.15) is 11.5 Å². The van der Waals surface area contributed by atoms with E-state index in [1.807, 2.05) is 67.6 Å². The van der Waals surface area contributed by atoms with E-state index in [1.165, 1.54) is 0 Å². The third kappa shape index (κ3) is 10.9. The molecule has 0 heterocycles. The number of methoxy groups -OCH3 is 1. The first kappa shape index (κ1) is 25.8. The molecule has 0 radical (unpaired) electrons. The van der Waals surface area contributed by atoms with Gasteiger partial charge in [-0.2, -0.15) is 0 Å². The van der Waals surface area contributed by atoms with Gasteiger partial charge in [0.05, 0.1) is 0 Å². The molecule has 0 aromatic heterocycles. The normalized spacial score (nSPS) is 10.3. The van der Waals surface area contributed by atoms with Gasteiger partial charge in [0.15, 0.2) is 6.29 Å². The number of halogens is 1. The Balaban J connectivity index is 0.000000239. The minimum atomic E-state index is -0.213. The van der Waals surface area contributed by atoms with Gasteiger partial charge in [0.25, 0.3) is 0 Å². The van der Waals surface area contributed by atoms with Crippen LogP contribution in [-0.2, 0) is 4.74 Å². The molecular weight excluding hydrogens is 408 g/mol. The highest BCUT2D eigenvalue weighted by atomic mass is 35.5. The quantitative estimate of drug-likeness (QED) is 0.402. The number of phenols is 1. The van der Waals surface area contributed by atoms with Crippen molar-refractivity contribution < 1.29 is 14.6 Å². The summed E-state index contributed by atoms with van der Waals surface area (Å²) in [5, 5.41) is 9.58. The Hall–Kier alpha value is -3.27. The van der Waals surface area contributed by atoms with E-state index in [0.29, 0.717) is 5.75 Å². The largest absolute Gasteiger partial charge is 0.508 e. The topological polar surface area (TPSA) is 38.7 Å². The fourth-order valence-electron chi connectivity index (χ4n) is 2.13. The van der Waals surface area contributed by atoms with E-state index < -0.39 is 0 Å². The monoisotopic (exact) mass is 436 g/mol. The van der Waals surface area contributed by atoms with Crippen LogP contribution in [0.3, 0.4) is 0 Å². The highest BCUT2D eigenvalue weighted by Crippen LogP contribution is 2.14. The summed E-state index contributed by atoms with van der Waals surface area (Å²) in [6.45, 7) is 12.7. The van der Waals surface area contributed by atoms with Crippen LogP contribution < -0.4 is 4.74 Å². The third-order valence-electron chi connectivity index (χ3n) is 3.98. The van der Waals surface area contributed by atoms with Crippen LogP contribution in [0.5, 0.6) is 11.5 Å². The maximum Gasteiger partial charge on any atom is 0.196 e. The number of aromatic hydroxyl groups is 1. The second-order valence-electron chi connectivity index (χ2n) is 6.25. The molecule has 3 nitrogen and oxygen atoms in total. The molecule has 0 saturated carbocycles. The molecule has 3 aromatic rings. The van der Waals surface area contributed by atoms with Crippen LogP contribution >= 0.6 is 11.6 Å². The van der Waals surface area contributed by atoms with E-state index in [4.69, 9.17) is 26.2 Å². The van der Waals surface area contributed by atoms with Crippen LogP contribution in [0.25, 0.3) is 18.2 Å². The van der Waals surface area contributed by atoms with Crippen LogP contribution in [0, 0.1) is 0 Å². The van der Waals surface area contributed by atoms with E-state index in [0.717, 1.165) is 27.5 Å². The second-order valence-corrected chi connectivity index (χ2v) is 6.68. The average molecular weight is 437 g/mol. The minimum absolute atomic E-state index is 0.213. The highest BCUT2D eigenvalue weighted by Gasteiger charge is 1.99. The molecule has 0 amide bonds. The van der Waals surface area contributed by atoms with Crippen molar-refractivity contribution in [3.8, 4) is 11.5 Å². The fraction of sp³-hybridized carbons (Fsp3) is 0.111. The number of benzene rings is 3. The van der Waals surface area contributed by atoms with Gasteiger partial charge in [-0.3, -0.25) is 0 Å². The summed E-state index contributed by atoms with van der Waals surface area (Å²) in [5.74, 6) is 1.10. The zero-order valence-electron chi connectivity index (χ0n) is 18.0. The van der Waals surface area contributed by atoms with Gasteiger partial charge in [-0.15, -0.1) is 0 Å². The molecule has 0 aliphatic heterocycles. The van der Waals surface area contributed by atoms with Crippen LogP contribution in [0.2, 0.25) is 5.02 Å². The number of hydrogen-bond donors (Lipinski definition) is 1. The standard InChI is InChI=1S/C11H14O2.C8H7Cl.C8H8O/c1-4-10-5-7-11(8-6-10)13-9(2)12-3;2*1-2-7-3-5-8(9)6-4-7/h4-9H,1H2,2-3H3;2-6H,1H2;2-6,9H,1H2. The van der Waals surface area contributed by atoms with E-state index in [9.17, 15) is 0 Å². The fourth-order valence-corrected chi connectivity index (χ4v) is 2.26. The Morgan fingerprint density at radius 2 is 1.13 bits per heavy atom. The molecule has 3 aromatic carbocycles. The summed E-state index contributed by atoms with van der Waals surface area (Å²) in [4.78, 5) is 0. The van der Waals surface area contributed by atoms with Crippen molar-refractivity contribution in [2.45, 2.75) is 13.2 Å². The highest BCUT2D eigenvalue weighted by molar-refractivity contribution is 6.30. The maximum atomic E-state index is 8.82. The Bertz CT molecular complexity index is 865. The number of hydrogen-bond acceptors (Lipinski definition) is 3. The first-order valence-corrected chi connectivity index (χ1v) is 10.0. The number of rotatable bonds is 6. The molecule has 0 bridgehead atoms. The molecule has 4 heteroatoms. The molecular formula is C27H29ClO3.